The smallest absolute Gasteiger partial charge is 0.269 e. The topological polar surface area (TPSA) is 88.0 Å². The van der Waals surface area contributed by atoms with Gasteiger partial charge in [0.1, 0.15) is 0 Å². The van der Waals surface area contributed by atoms with E-state index in [4.69, 9.17) is 4.74 Å². The van der Waals surface area contributed by atoms with Crippen LogP contribution in [-0.2, 0) is 9.53 Å². The van der Waals surface area contributed by atoms with Gasteiger partial charge in [-0.3, -0.25) is 24.7 Å². The number of nitro groups is 1. The quantitative estimate of drug-likeness (QED) is 0.511. The fourth-order valence-corrected chi connectivity index (χ4v) is 3.39. The summed E-state index contributed by atoms with van der Waals surface area (Å²) in [5, 5.41) is 13.9. The SMILES string of the molecule is CC(C)CN1CCO[C@H](CNC(=O)CN(C)[C@H](C)c2cccc([N+](=O)[O-])c2)C1. The first-order valence-electron chi connectivity index (χ1n) is 9.81. The first-order chi connectivity index (χ1) is 13.3. The average molecular weight is 393 g/mol. The minimum atomic E-state index is -0.407. The molecule has 1 heterocycles. The number of likely N-dealkylation sites (N-methyl/N-ethyl adjacent to an activating group) is 1. The second kappa shape index (κ2) is 10.5. The molecular formula is C20H32N4O4. The zero-order chi connectivity index (χ0) is 20.7. The van der Waals surface area contributed by atoms with Gasteiger partial charge in [0.15, 0.2) is 0 Å². The third-order valence-electron chi connectivity index (χ3n) is 4.99. The van der Waals surface area contributed by atoms with Crippen LogP contribution in [0, 0.1) is 16.0 Å². The predicted octanol–water partition coefficient (Wildman–Crippen LogP) is 2.06. The molecule has 1 aromatic carbocycles. The molecule has 2 atom stereocenters. The van der Waals surface area contributed by atoms with E-state index in [1.54, 1.807) is 12.1 Å². The van der Waals surface area contributed by atoms with E-state index < -0.39 is 4.92 Å². The Balaban J connectivity index is 1.80. The number of ether oxygens (including phenoxy) is 1. The van der Waals surface area contributed by atoms with Gasteiger partial charge in [-0.25, -0.2) is 0 Å². The van der Waals surface area contributed by atoms with Crippen molar-refractivity contribution in [3.8, 4) is 0 Å². The number of carbonyl (C=O) groups excluding carboxylic acids is 1. The van der Waals surface area contributed by atoms with E-state index in [-0.39, 0.29) is 30.3 Å². The van der Waals surface area contributed by atoms with Crippen LogP contribution in [0.3, 0.4) is 0 Å². The van der Waals surface area contributed by atoms with Crippen molar-refractivity contribution in [2.75, 3.05) is 46.4 Å². The van der Waals surface area contributed by atoms with E-state index in [0.29, 0.717) is 19.1 Å². The van der Waals surface area contributed by atoms with Crippen LogP contribution in [0.1, 0.15) is 32.4 Å². The van der Waals surface area contributed by atoms with Crippen LogP contribution in [0.2, 0.25) is 0 Å². The minimum Gasteiger partial charge on any atom is -0.374 e. The number of amides is 1. The van der Waals surface area contributed by atoms with Crippen LogP contribution in [0.25, 0.3) is 0 Å². The minimum absolute atomic E-state index is 0.0101. The summed E-state index contributed by atoms with van der Waals surface area (Å²) < 4.78 is 5.76. The maximum absolute atomic E-state index is 12.3. The molecule has 1 fully saturated rings. The molecule has 0 unspecified atom stereocenters. The van der Waals surface area contributed by atoms with E-state index in [9.17, 15) is 14.9 Å². The Labute approximate surface area is 167 Å². The molecule has 0 aromatic heterocycles. The number of nitrogens with one attached hydrogen (secondary N) is 1. The summed E-state index contributed by atoms with van der Waals surface area (Å²) in [5.41, 5.74) is 0.868. The molecule has 1 aromatic rings. The lowest BCUT2D eigenvalue weighted by Gasteiger charge is -2.34. The van der Waals surface area contributed by atoms with Crippen LogP contribution >= 0.6 is 0 Å². The Kier molecular flexibility index (Phi) is 8.35. The summed E-state index contributed by atoms with van der Waals surface area (Å²) in [4.78, 5) is 27.1. The van der Waals surface area contributed by atoms with Gasteiger partial charge in [-0.15, -0.1) is 0 Å². The van der Waals surface area contributed by atoms with Crippen molar-refractivity contribution in [2.45, 2.75) is 32.9 Å². The normalized spacial score (nSPS) is 19.0. The highest BCUT2D eigenvalue weighted by molar-refractivity contribution is 5.78. The monoisotopic (exact) mass is 392 g/mol. The van der Waals surface area contributed by atoms with E-state index in [2.05, 4.69) is 24.1 Å². The van der Waals surface area contributed by atoms with E-state index in [0.717, 1.165) is 25.2 Å². The lowest BCUT2D eigenvalue weighted by molar-refractivity contribution is -0.384. The molecule has 8 heteroatoms. The number of hydrogen-bond donors (Lipinski definition) is 1. The molecule has 1 amide bonds. The van der Waals surface area contributed by atoms with Crippen LogP contribution in [0.4, 0.5) is 5.69 Å². The van der Waals surface area contributed by atoms with Gasteiger partial charge in [0, 0.05) is 44.4 Å². The number of hydrogen-bond acceptors (Lipinski definition) is 6. The number of nitro benzene ring substituents is 1. The van der Waals surface area contributed by atoms with Crippen LogP contribution in [-0.4, -0.2) is 73.1 Å². The van der Waals surface area contributed by atoms with Crippen molar-refractivity contribution in [3.05, 3.63) is 39.9 Å². The number of nitrogens with zero attached hydrogens (tertiary/aromatic N) is 3. The Morgan fingerprint density at radius 2 is 2.18 bits per heavy atom. The number of rotatable bonds is 9. The van der Waals surface area contributed by atoms with Crippen molar-refractivity contribution in [2.24, 2.45) is 5.92 Å². The van der Waals surface area contributed by atoms with Gasteiger partial charge in [-0.1, -0.05) is 26.0 Å². The molecule has 0 bridgehead atoms. The predicted molar refractivity (Wildman–Crippen MR) is 108 cm³/mol. The fraction of sp³-hybridized carbons (Fsp3) is 0.650. The highest BCUT2D eigenvalue weighted by Crippen LogP contribution is 2.22. The zero-order valence-corrected chi connectivity index (χ0v) is 17.3. The molecule has 8 nitrogen and oxygen atoms in total. The third-order valence-corrected chi connectivity index (χ3v) is 4.99. The summed E-state index contributed by atoms with van der Waals surface area (Å²) in [6, 6.07) is 6.42. The second-order valence-electron chi connectivity index (χ2n) is 7.89. The molecule has 156 valence electrons. The summed E-state index contributed by atoms with van der Waals surface area (Å²) in [6.45, 7) is 10.5. The van der Waals surface area contributed by atoms with Gasteiger partial charge < -0.3 is 10.1 Å². The van der Waals surface area contributed by atoms with Crippen molar-refractivity contribution in [3.63, 3.8) is 0 Å². The Hall–Kier alpha value is -2.03. The molecule has 0 spiro atoms. The molecule has 28 heavy (non-hydrogen) atoms. The molecule has 1 aliphatic heterocycles. The van der Waals surface area contributed by atoms with Crippen molar-refractivity contribution >= 4 is 11.6 Å². The van der Waals surface area contributed by atoms with Gasteiger partial charge in [0.2, 0.25) is 5.91 Å². The molecule has 0 aliphatic carbocycles. The average Bonchev–Trinajstić information content (AvgIpc) is 2.65. The van der Waals surface area contributed by atoms with Gasteiger partial charge in [-0.05, 0) is 25.5 Å². The first-order valence-corrected chi connectivity index (χ1v) is 9.81. The molecule has 1 saturated heterocycles. The van der Waals surface area contributed by atoms with Crippen molar-refractivity contribution in [1.82, 2.24) is 15.1 Å². The van der Waals surface area contributed by atoms with Crippen LogP contribution in [0.5, 0.6) is 0 Å². The van der Waals surface area contributed by atoms with Crippen molar-refractivity contribution < 1.29 is 14.5 Å². The summed E-state index contributed by atoms with van der Waals surface area (Å²) in [5.74, 6) is 0.529. The second-order valence-corrected chi connectivity index (χ2v) is 7.89. The standard InChI is InChI=1S/C20H32N4O4/c1-15(2)12-23-8-9-28-19(13-23)11-21-20(25)14-22(4)16(3)17-6-5-7-18(10-17)24(26)27/h5-7,10,15-16,19H,8-9,11-14H2,1-4H3,(H,21,25)/t16-,19-/m1/s1. The van der Waals surface area contributed by atoms with E-state index in [1.807, 2.05) is 24.9 Å². The fourth-order valence-electron chi connectivity index (χ4n) is 3.39. The van der Waals surface area contributed by atoms with E-state index in [1.165, 1.54) is 6.07 Å². The van der Waals surface area contributed by atoms with E-state index >= 15 is 0 Å². The van der Waals surface area contributed by atoms with Crippen LogP contribution < -0.4 is 5.32 Å². The highest BCUT2D eigenvalue weighted by Gasteiger charge is 2.22. The molecular weight excluding hydrogens is 360 g/mol. The van der Waals surface area contributed by atoms with Crippen LogP contribution in [0.15, 0.2) is 24.3 Å². The largest absolute Gasteiger partial charge is 0.374 e. The Bertz CT molecular complexity index is 667. The van der Waals surface area contributed by atoms with Gasteiger partial charge in [0.25, 0.3) is 5.69 Å². The molecule has 0 radical (unpaired) electrons. The summed E-state index contributed by atoms with van der Waals surface area (Å²) >= 11 is 0. The lowest BCUT2D eigenvalue weighted by atomic mass is 10.1. The summed E-state index contributed by atoms with van der Waals surface area (Å²) in [6.07, 6.45) is 0.0101. The molecule has 0 saturated carbocycles. The zero-order valence-electron chi connectivity index (χ0n) is 17.3. The lowest BCUT2D eigenvalue weighted by Crippen LogP contribution is -2.49. The number of carbonyl (C=O) groups is 1. The Morgan fingerprint density at radius 3 is 2.86 bits per heavy atom. The number of morpholine rings is 1. The van der Waals surface area contributed by atoms with Gasteiger partial charge in [0.05, 0.1) is 24.2 Å². The molecule has 1 aliphatic rings. The Morgan fingerprint density at radius 1 is 1.43 bits per heavy atom. The van der Waals surface area contributed by atoms with Crippen molar-refractivity contribution in [1.29, 1.82) is 0 Å². The van der Waals surface area contributed by atoms with Gasteiger partial charge >= 0.3 is 0 Å². The number of non-ortho nitro benzene ring substituents is 1. The number of benzene rings is 1. The molecule has 1 N–H and O–H groups in total. The highest BCUT2D eigenvalue weighted by atomic mass is 16.6. The maximum atomic E-state index is 12.3. The third kappa shape index (κ3) is 6.85. The maximum Gasteiger partial charge on any atom is 0.269 e. The van der Waals surface area contributed by atoms with Gasteiger partial charge in [-0.2, -0.15) is 0 Å². The first kappa shape index (κ1) is 22.3. The molecule has 2 rings (SSSR count). The summed E-state index contributed by atoms with van der Waals surface area (Å²) in [7, 11) is 1.84.